The molecule has 3 rings (SSSR count). The molecule has 2 fully saturated rings. The Morgan fingerprint density at radius 1 is 1.40 bits per heavy atom. The highest BCUT2D eigenvalue weighted by Gasteiger charge is 2.73. The average Bonchev–Trinajstić information content (AvgIpc) is 3.27. The van der Waals surface area contributed by atoms with Crippen LogP contribution in [0, 0.1) is 11.3 Å². The third kappa shape index (κ3) is 3.23. The lowest BCUT2D eigenvalue weighted by Crippen LogP contribution is -2.79. The number of nitriles is 1. The van der Waals surface area contributed by atoms with Crippen molar-refractivity contribution < 1.29 is 19.5 Å². The summed E-state index contributed by atoms with van der Waals surface area (Å²) in [6.07, 6.45) is 0. The Morgan fingerprint density at radius 3 is 2.57 bits per heavy atom. The van der Waals surface area contributed by atoms with Crippen molar-refractivity contribution in [1.29, 1.82) is 5.26 Å². The highest BCUT2D eigenvalue weighted by atomic mass is 32.2. The SMILES string of the molecule is CCN(CC)c1ccc(C(N)C(=O)N[C@@]2(C#N)C(=O)N3[C@@H](C(=O)O)C(C)(C)S[C@@H]32)s1. The summed E-state index contributed by atoms with van der Waals surface area (Å²) in [5.41, 5.74) is 4.31. The molecule has 162 valence electrons. The summed E-state index contributed by atoms with van der Waals surface area (Å²) in [6.45, 7) is 9.12. The normalized spacial score (nSPS) is 27.6. The first-order valence-corrected chi connectivity index (χ1v) is 11.3. The number of nitrogens with one attached hydrogen (secondary N) is 1. The van der Waals surface area contributed by atoms with Crippen molar-refractivity contribution in [2.45, 2.75) is 55.4 Å². The quantitative estimate of drug-likeness (QED) is 0.524. The number of carboxylic acid groups (broad SMARTS) is 1. The Kier molecular flexibility index (Phi) is 5.79. The van der Waals surface area contributed by atoms with Gasteiger partial charge in [0.1, 0.15) is 23.5 Å². The first kappa shape index (κ1) is 22.4. The van der Waals surface area contributed by atoms with Crippen molar-refractivity contribution in [2.24, 2.45) is 5.73 Å². The van der Waals surface area contributed by atoms with Gasteiger partial charge in [0.15, 0.2) is 0 Å². The van der Waals surface area contributed by atoms with Crippen LogP contribution in [0.2, 0.25) is 0 Å². The standard InChI is InChI=1S/C19H25N5O4S2/c1-5-23(6-2)11-8-7-10(29-11)12(21)14(25)22-19(9-20)16(28)24-13(15(26)27)18(3,4)30-17(19)24/h7-8,12-13,17H,5-6,21H2,1-4H3,(H,22,25)(H,26,27)/t12?,13-,17+,19-/m0/s1. The highest BCUT2D eigenvalue weighted by Crippen LogP contribution is 2.54. The fraction of sp³-hybridized carbons (Fsp3) is 0.579. The van der Waals surface area contributed by atoms with Gasteiger partial charge in [-0.25, -0.2) is 4.79 Å². The Bertz CT molecular complexity index is 922. The number of hydrogen-bond donors (Lipinski definition) is 3. The molecule has 4 atom stereocenters. The number of hydrogen-bond acceptors (Lipinski definition) is 8. The van der Waals surface area contributed by atoms with Gasteiger partial charge in [-0.3, -0.25) is 9.59 Å². The van der Waals surface area contributed by atoms with Crippen LogP contribution >= 0.6 is 23.1 Å². The summed E-state index contributed by atoms with van der Waals surface area (Å²) in [6, 6.07) is 3.47. The second-order valence-electron chi connectivity index (χ2n) is 7.76. The predicted molar refractivity (Wildman–Crippen MR) is 115 cm³/mol. The van der Waals surface area contributed by atoms with Crippen LogP contribution in [-0.2, 0) is 14.4 Å². The summed E-state index contributed by atoms with van der Waals surface area (Å²) >= 11 is 2.58. The number of rotatable bonds is 7. The number of thiophene rings is 1. The molecule has 9 nitrogen and oxygen atoms in total. The van der Waals surface area contributed by atoms with Gasteiger partial charge in [0.05, 0.1) is 5.00 Å². The highest BCUT2D eigenvalue weighted by molar-refractivity contribution is 8.01. The van der Waals surface area contributed by atoms with Crippen LogP contribution in [-0.4, -0.2) is 62.6 Å². The molecule has 2 aliphatic rings. The van der Waals surface area contributed by atoms with Gasteiger partial charge in [0.2, 0.25) is 11.4 Å². The first-order chi connectivity index (χ1) is 14.0. The molecule has 2 aliphatic heterocycles. The third-order valence-corrected chi connectivity index (χ3v) is 8.42. The van der Waals surface area contributed by atoms with E-state index in [1.807, 2.05) is 26.0 Å². The van der Waals surface area contributed by atoms with Crippen LogP contribution in [0.3, 0.4) is 0 Å². The lowest BCUT2D eigenvalue weighted by molar-refractivity contribution is -0.165. The van der Waals surface area contributed by atoms with Crippen LogP contribution in [0.1, 0.15) is 38.6 Å². The van der Waals surface area contributed by atoms with E-state index in [0.717, 1.165) is 18.1 Å². The molecular formula is C19H25N5O4S2. The van der Waals surface area contributed by atoms with Gasteiger partial charge in [-0.2, -0.15) is 5.26 Å². The van der Waals surface area contributed by atoms with E-state index in [9.17, 15) is 24.8 Å². The molecule has 0 radical (unpaired) electrons. The zero-order valence-electron chi connectivity index (χ0n) is 17.2. The smallest absolute Gasteiger partial charge is 0.327 e. The van der Waals surface area contributed by atoms with Crippen molar-refractivity contribution >= 4 is 45.9 Å². The molecule has 1 aromatic heterocycles. The van der Waals surface area contributed by atoms with Crippen LogP contribution in [0.25, 0.3) is 0 Å². The number of nitrogens with two attached hydrogens (primary N) is 1. The fourth-order valence-electron chi connectivity index (χ4n) is 3.92. The number of aliphatic carboxylic acids is 1. The maximum atomic E-state index is 12.8. The zero-order valence-corrected chi connectivity index (χ0v) is 18.8. The lowest BCUT2D eigenvalue weighted by Gasteiger charge is -2.49. The molecule has 1 unspecified atom stereocenters. The van der Waals surface area contributed by atoms with E-state index in [2.05, 4.69) is 10.2 Å². The number of nitrogens with zero attached hydrogens (tertiary/aromatic N) is 3. The Hall–Kier alpha value is -2.29. The number of carbonyl (C=O) groups excluding carboxylic acids is 2. The van der Waals surface area contributed by atoms with Crippen molar-refractivity contribution in [2.75, 3.05) is 18.0 Å². The van der Waals surface area contributed by atoms with Crippen LogP contribution in [0.15, 0.2) is 12.1 Å². The van der Waals surface area contributed by atoms with Gasteiger partial charge in [-0.1, -0.05) is 0 Å². The largest absolute Gasteiger partial charge is 0.480 e. The van der Waals surface area contributed by atoms with E-state index < -0.39 is 45.5 Å². The van der Waals surface area contributed by atoms with Gasteiger partial charge in [0.25, 0.3) is 5.91 Å². The van der Waals surface area contributed by atoms with Crippen LogP contribution in [0.4, 0.5) is 5.00 Å². The van der Waals surface area contributed by atoms with E-state index in [-0.39, 0.29) is 0 Å². The molecule has 0 aliphatic carbocycles. The van der Waals surface area contributed by atoms with E-state index in [0.29, 0.717) is 4.88 Å². The molecule has 2 saturated heterocycles. The average molecular weight is 452 g/mol. The Balaban J connectivity index is 1.80. The van der Waals surface area contributed by atoms with Crippen LogP contribution < -0.4 is 16.0 Å². The number of carboxylic acids is 1. The molecule has 4 N–H and O–H groups in total. The summed E-state index contributed by atoms with van der Waals surface area (Å²) in [5.74, 6) is -2.49. The zero-order chi connectivity index (χ0) is 22.4. The molecule has 11 heteroatoms. The molecule has 2 amide bonds. The second kappa shape index (κ2) is 7.76. The fourth-order valence-corrected chi connectivity index (χ4v) is 6.70. The lowest BCUT2D eigenvalue weighted by atomic mass is 9.85. The van der Waals surface area contributed by atoms with Crippen molar-refractivity contribution in [3.05, 3.63) is 17.0 Å². The molecule has 30 heavy (non-hydrogen) atoms. The van der Waals surface area contributed by atoms with Gasteiger partial charge in [-0.05, 0) is 39.8 Å². The van der Waals surface area contributed by atoms with E-state index in [1.54, 1.807) is 19.9 Å². The van der Waals surface area contributed by atoms with Gasteiger partial charge in [0, 0.05) is 22.7 Å². The number of anilines is 1. The molecule has 0 bridgehead atoms. The molecular weight excluding hydrogens is 426 g/mol. The number of carbonyl (C=O) groups is 3. The van der Waals surface area contributed by atoms with E-state index in [1.165, 1.54) is 28.0 Å². The van der Waals surface area contributed by atoms with E-state index in [4.69, 9.17) is 5.73 Å². The van der Waals surface area contributed by atoms with Crippen molar-refractivity contribution in [1.82, 2.24) is 10.2 Å². The molecule has 1 aromatic rings. The van der Waals surface area contributed by atoms with Crippen molar-refractivity contribution in [3.8, 4) is 6.07 Å². The van der Waals surface area contributed by atoms with E-state index >= 15 is 0 Å². The Labute approximate surface area is 183 Å². The number of β-lactam (4-membered cyclic amide) rings is 1. The molecule has 0 spiro atoms. The molecule has 3 heterocycles. The van der Waals surface area contributed by atoms with Crippen LogP contribution in [0.5, 0.6) is 0 Å². The van der Waals surface area contributed by atoms with Crippen molar-refractivity contribution in [3.63, 3.8) is 0 Å². The number of thioether (sulfide) groups is 1. The number of amides is 2. The molecule has 0 aromatic carbocycles. The summed E-state index contributed by atoms with van der Waals surface area (Å²) in [7, 11) is 0. The minimum Gasteiger partial charge on any atom is -0.480 e. The molecule has 0 saturated carbocycles. The summed E-state index contributed by atoms with van der Waals surface area (Å²) in [5, 5.41) is 22.0. The monoisotopic (exact) mass is 451 g/mol. The topological polar surface area (TPSA) is 140 Å². The minimum absolute atomic E-state index is 0.619. The summed E-state index contributed by atoms with van der Waals surface area (Å²) < 4.78 is -0.802. The van der Waals surface area contributed by atoms with Gasteiger partial charge < -0.3 is 26.0 Å². The van der Waals surface area contributed by atoms with Gasteiger partial charge in [-0.15, -0.1) is 23.1 Å². The maximum absolute atomic E-state index is 12.8. The third-order valence-electron chi connectivity index (χ3n) is 5.55. The predicted octanol–water partition coefficient (Wildman–Crippen LogP) is 1.12. The number of fused-ring (bicyclic) bond motifs is 1. The Morgan fingerprint density at radius 2 is 2.03 bits per heavy atom. The minimum atomic E-state index is -1.82. The maximum Gasteiger partial charge on any atom is 0.327 e. The van der Waals surface area contributed by atoms with Gasteiger partial charge >= 0.3 is 5.97 Å². The summed E-state index contributed by atoms with van der Waals surface area (Å²) in [4.78, 5) is 41.3. The first-order valence-electron chi connectivity index (χ1n) is 9.61. The second-order valence-corrected chi connectivity index (χ2v) is 10.6.